The van der Waals surface area contributed by atoms with Crippen LogP contribution in [0.25, 0.3) is 0 Å². The summed E-state index contributed by atoms with van der Waals surface area (Å²) in [5.41, 5.74) is -1.04. The molecule has 2 aromatic rings. The van der Waals surface area contributed by atoms with Crippen LogP contribution in [0.2, 0.25) is 5.02 Å². The highest BCUT2D eigenvalue weighted by Gasteiger charge is 2.33. The first kappa shape index (κ1) is 16.1. The molecule has 22 heavy (non-hydrogen) atoms. The molecule has 0 spiro atoms. The maximum atomic E-state index is 12.7. The molecule has 0 atom stereocenters. The zero-order valence-electron chi connectivity index (χ0n) is 11.0. The molecule has 0 aliphatic rings. The molecule has 1 heterocycles. The second-order valence-electron chi connectivity index (χ2n) is 4.20. The first-order chi connectivity index (χ1) is 10.4. The Morgan fingerprint density at radius 2 is 2.05 bits per heavy atom. The molecule has 0 radical (unpaired) electrons. The van der Waals surface area contributed by atoms with Gasteiger partial charge in [-0.1, -0.05) is 17.7 Å². The number of benzene rings is 1. The van der Waals surface area contributed by atoms with Crippen LogP contribution < -0.4 is 10.1 Å². The van der Waals surface area contributed by atoms with E-state index >= 15 is 0 Å². The highest BCUT2D eigenvalue weighted by molar-refractivity contribution is 6.31. The van der Waals surface area contributed by atoms with Gasteiger partial charge in [-0.2, -0.15) is 13.2 Å². The minimum absolute atomic E-state index is 0.0219. The Labute approximate surface area is 128 Å². The van der Waals surface area contributed by atoms with Crippen LogP contribution in [-0.4, -0.2) is 17.5 Å². The largest absolute Gasteiger partial charge is 0.468 e. The molecule has 2 rings (SSSR count). The van der Waals surface area contributed by atoms with E-state index in [-0.39, 0.29) is 18.2 Å². The summed E-state index contributed by atoms with van der Waals surface area (Å²) < 4.78 is 43.2. The highest BCUT2D eigenvalue weighted by atomic mass is 35.5. The fourth-order valence-electron chi connectivity index (χ4n) is 1.59. The van der Waals surface area contributed by atoms with Crippen LogP contribution in [0, 0.1) is 0 Å². The summed E-state index contributed by atoms with van der Waals surface area (Å²) in [5, 5.41) is 1.87. The van der Waals surface area contributed by atoms with E-state index in [0.29, 0.717) is 0 Å². The number of anilines is 1. The lowest BCUT2D eigenvalue weighted by molar-refractivity contribution is -0.137. The van der Waals surface area contributed by atoms with Crippen molar-refractivity contribution in [3.63, 3.8) is 0 Å². The van der Waals surface area contributed by atoms with E-state index in [1.54, 1.807) is 18.2 Å². The number of aromatic nitrogens is 1. The van der Waals surface area contributed by atoms with Crippen LogP contribution in [0.1, 0.15) is 5.56 Å². The quantitative estimate of drug-likeness (QED) is 0.928. The Balaban J connectivity index is 2.00. The summed E-state index contributed by atoms with van der Waals surface area (Å²) in [4.78, 5) is 15.5. The van der Waals surface area contributed by atoms with E-state index in [4.69, 9.17) is 16.3 Å². The van der Waals surface area contributed by atoms with E-state index in [1.807, 2.05) is 0 Å². The first-order valence-electron chi connectivity index (χ1n) is 6.06. The van der Waals surface area contributed by atoms with Crippen LogP contribution >= 0.6 is 11.6 Å². The van der Waals surface area contributed by atoms with Gasteiger partial charge in [0.25, 0.3) is 5.91 Å². The summed E-state index contributed by atoms with van der Waals surface area (Å²) in [5.74, 6) is -0.370. The zero-order valence-corrected chi connectivity index (χ0v) is 11.8. The number of hydrogen-bond acceptors (Lipinski definition) is 3. The van der Waals surface area contributed by atoms with Gasteiger partial charge >= 0.3 is 6.18 Å². The second-order valence-corrected chi connectivity index (χ2v) is 4.60. The lowest BCUT2D eigenvalue weighted by atomic mass is 10.2. The fourth-order valence-corrected chi connectivity index (χ4v) is 1.81. The van der Waals surface area contributed by atoms with Crippen molar-refractivity contribution in [3.8, 4) is 5.88 Å². The van der Waals surface area contributed by atoms with Gasteiger partial charge in [-0.25, -0.2) is 4.98 Å². The molecular weight excluding hydrogens is 321 g/mol. The van der Waals surface area contributed by atoms with E-state index in [0.717, 1.165) is 12.1 Å². The Morgan fingerprint density at radius 1 is 1.27 bits per heavy atom. The number of carbonyl (C=O) groups is 1. The first-order valence-corrected chi connectivity index (χ1v) is 6.44. The third-order valence-electron chi connectivity index (χ3n) is 2.54. The van der Waals surface area contributed by atoms with Crippen LogP contribution in [0.3, 0.4) is 0 Å². The summed E-state index contributed by atoms with van der Waals surface area (Å²) in [6.45, 7) is -0.374. The lowest BCUT2D eigenvalue weighted by Crippen LogP contribution is -2.20. The van der Waals surface area contributed by atoms with Crippen molar-refractivity contribution in [2.24, 2.45) is 0 Å². The molecule has 116 valence electrons. The minimum Gasteiger partial charge on any atom is -0.468 e. The van der Waals surface area contributed by atoms with Gasteiger partial charge in [-0.05, 0) is 24.3 Å². The predicted octanol–water partition coefficient (Wildman–Crippen LogP) is 3.77. The number of nitrogens with zero attached hydrogens (tertiary/aromatic N) is 1. The Kier molecular flexibility index (Phi) is 4.87. The molecule has 1 aromatic heterocycles. The van der Waals surface area contributed by atoms with Gasteiger partial charge in [-0.3, -0.25) is 4.79 Å². The maximum Gasteiger partial charge on any atom is 0.417 e. The fraction of sp³-hybridized carbons (Fsp3) is 0.143. The molecule has 1 amide bonds. The van der Waals surface area contributed by atoms with Crippen molar-refractivity contribution in [3.05, 3.63) is 53.2 Å². The number of hydrogen-bond donors (Lipinski definition) is 1. The summed E-state index contributed by atoms with van der Waals surface area (Å²) in [6, 6.07) is 8.02. The monoisotopic (exact) mass is 330 g/mol. The van der Waals surface area contributed by atoms with E-state index in [9.17, 15) is 18.0 Å². The third-order valence-corrected chi connectivity index (χ3v) is 2.87. The average Bonchev–Trinajstić information content (AvgIpc) is 2.47. The van der Waals surface area contributed by atoms with Crippen LogP contribution in [-0.2, 0) is 11.0 Å². The van der Waals surface area contributed by atoms with Gasteiger partial charge in [0, 0.05) is 18.0 Å². The van der Waals surface area contributed by atoms with Crippen molar-refractivity contribution >= 4 is 23.2 Å². The minimum atomic E-state index is -4.59. The molecule has 4 nitrogen and oxygen atoms in total. The van der Waals surface area contributed by atoms with Gasteiger partial charge in [0.1, 0.15) is 0 Å². The summed E-state index contributed by atoms with van der Waals surface area (Å²) >= 11 is 5.49. The number of rotatable bonds is 4. The molecule has 8 heteroatoms. The summed E-state index contributed by atoms with van der Waals surface area (Å²) in [6.07, 6.45) is -3.11. The van der Waals surface area contributed by atoms with Gasteiger partial charge < -0.3 is 10.1 Å². The molecule has 0 bridgehead atoms. The molecule has 0 aliphatic heterocycles. The van der Waals surface area contributed by atoms with Crippen LogP contribution in [0.5, 0.6) is 5.88 Å². The number of halogens is 4. The molecule has 0 unspecified atom stereocenters. The molecule has 1 N–H and O–H groups in total. The Morgan fingerprint density at radius 3 is 2.68 bits per heavy atom. The van der Waals surface area contributed by atoms with Crippen LogP contribution in [0.4, 0.5) is 18.9 Å². The standard InChI is InChI=1S/C14H10ClF3N2O2/c15-11-5-4-9(7-10(11)14(16,17)18)20-12(21)8-22-13-3-1-2-6-19-13/h1-7H,8H2,(H,20,21). The molecule has 1 aromatic carbocycles. The topological polar surface area (TPSA) is 51.2 Å². The molecule has 0 saturated carbocycles. The Hall–Kier alpha value is -2.28. The predicted molar refractivity (Wildman–Crippen MR) is 74.8 cm³/mol. The molecule has 0 aliphatic carbocycles. The van der Waals surface area contributed by atoms with Gasteiger partial charge in [0.15, 0.2) is 6.61 Å². The summed E-state index contributed by atoms with van der Waals surface area (Å²) in [7, 11) is 0. The van der Waals surface area contributed by atoms with Gasteiger partial charge in [0.05, 0.1) is 10.6 Å². The number of pyridine rings is 1. The number of ether oxygens (including phenoxy) is 1. The van der Waals surface area contributed by atoms with Crippen molar-refractivity contribution in [1.29, 1.82) is 0 Å². The second kappa shape index (κ2) is 6.65. The average molecular weight is 331 g/mol. The number of alkyl halides is 3. The molecule has 0 saturated heterocycles. The number of carbonyl (C=O) groups excluding carboxylic acids is 1. The molecular formula is C14H10ClF3N2O2. The van der Waals surface area contributed by atoms with Crippen LogP contribution in [0.15, 0.2) is 42.6 Å². The van der Waals surface area contributed by atoms with Gasteiger partial charge in [-0.15, -0.1) is 0 Å². The number of nitrogens with one attached hydrogen (secondary N) is 1. The Bertz CT molecular complexity index is 663. The van der Waals surface area contributed by atoms with E-state index < -0.39 is 22.7 Å². The normalized spacial score (nSPS) is 11.1. The third kappa shape index (κ3) is 4.36. The smallest absolute Gasteiger partial charge is 0.417 e. The van der Waals surface area contributed by atoms with Crippen molar-refractivity contribution < 1.29 is 22.7 Å². The SMILES string of the molecule is O=C(COc1ccccn1)Nc1ccc(Cl)c(C(F)(F)F)c1. The van der Waals surface area contributed by atoms with E-state index in [1.165, 1.54) is 12.3 Å². The van der Waals surface area contributed by atoms with Crippen molar-refractivity contribution in [2.45, 2.75) is 6.18 Å². The maximum absolute atomic E-state index is 12.7. The van der Waals surface area contributed by atoms with Crippen molar-refractivity contribution in [1.82, 2.24) is 4.98 Å². The molecule has 0 fully saturated rings. The van der Waals surface area contributed by atoms with E-state index in [2.05, 4.69) is 10.3 Å². The lowest BCUT2D eigenvalue weighted by Gasteiger charge is -2.12. The van der Waals surface area contributed by atoms with Gasteiger partial charge in [0.2, 0.25) is 5.88 Å². The zero-order chi connectivity index (χ0) is 16.2. The highest BCUT2D eigenvalue weighted by Crippen LogP contribution is 2.36. The number of amides is 1. The van der Waals surface area contributed by atoms with Crippen molar-refractivity contribution in [2.75, 3.05) is 11.9 Å².